The molecular formula is C12H12N2O5. The molecule has 2 rings (SSSR count). The molecule has 0 radical (unpaired) electrons. The summed E-state index contributed by atoms with van der Waals surface area (Å²) in [6.07, 6.45) is 0.727. The number of nitrogens with one attached hydrogen (secondary N) is 2. The number of carbonyl (C=O) groups excluding carboxylic acids is 2. The van der Waals surface area contributed by atoms with Crippen LogP contribution >= 0.6 is 0 Å². The number of aromatic carboxylic acids is 1. The highest BCUT2D eigenvalue weighted by molar-refractivity contribution is 5.99. The first-order valence-electron chi connectivity index (χ1n) is 5.64. The maximum Gasteiger partial charge on any atom is 0.339 e. The van der Waals surface area contributed by atoms with E-state index in [9.17, 15) is 19.5 Å². The number of benzene rings is 1. The van der Waals surface area contributed by atoms with Gasteiger partial charge < -0.3 is 20.8 Å². The Morgan fingerprint density at radius 3 is 2.63 bits per heavy atom. The Morgan fingerprint density at radius 2 is 2.11 bits per heavy atom. The zero-order valence-electron chi connectivity index (χ0n) is 9.84. The number of amides is 2. The summed E-state index contributed by atoms with van der Waals surface area (Å²) in [5.41, 5.74) is 0.0285. The van der Waals surface area contributed by atoms with Crippen LogP contribution in [0.25, 0.3) is 0 Å². The van der Waals surface area contributed by atoms with Gasteiger partial charge in [0.05, 0.1) is 0 Å². The van der Waals surface area contributed by atoms with Crippen molar-refractivity contribution in [2.45, 2.75) is 18.9 Å². The molecule has 1 saturated heterocycles. The molecule has 0 spiro atoms. The predicted octanol–water partition coefficient (Wildman–Crippen LogP) is 0.308. The Morgan fingerprint density at radius 1 is 1.37 bits per heavy atom. The van der Waals surface area contributed by atoms with E-state index in [0.29, 0.717) is 12.8 Å². The van der Waals surface area contributed by atoms with Crippen molar-refractivity contribution in [3.8, 4) is 5.75 Å². The zero-order chi connectivity index (χ0) is 14.0. The van der Waals surface area contributed by atoms with E-state index in [4.69, 9.17) is 5.11 Å². The molecule has 1 aromatic rings. The number of rotatable bonds is 3. The van der Waals surface area contributed by atoms with Crippen molar-refractivity contribution in [1.82, 2.24) is 5.32 Å². The largest absolute Gasteiger partial charge is 0.507 e. The van der Waals surface area contributed by atoms with Crippen LogP contribution in [0.4, 0.5) is 5.69 Å². The molecule has 7 nitrogen and oxygen atoms in total. The third-order valence-corrected chi connectivity index (χ3v) is 2.81. The van der Waals surface area contributed by atoms with Crippen LogP contribution in [0.3, 0.4) is 0 Å². The van der Waals surface area contributed by atoms with Crippen molar-refractivity contribution >= 4 is 23.5 Å². The second-order valence-corrected chi connectivity index (χ2v) is 4.19. The van der Waals surface area contributed by atoms with Gasteiger partial charge in [-0.15, -0.1) is 0 Å². The second-order valence-electron chi connectivity index (χ2n) is 4.19. The molecule has 1 aliphatic rings. The summed E-state index contributed by atoms with van der Waals surface area (Å²) in [7, 11) is 0. The first-order chi connectivity index (χ1) is 8.97. The van der Waals surface area contributed by atoms with Gasteiger partial charge in [-0.3, -0.25) is 9.59 Å². The van der Waals surface area contributed by atoms with E-state index in [2.05, 4.69) is 10.6 Å². The summed E-state index contributed by atoms with van der Waals surface area (Å²) >= 11 is 0. The Hall–Kier alpha value is -2.57. The van der Waals surface area contributed by atoms with Crippen LogP contribution < -0.4 is 10.6 Å². The van der Waals surface area contributed by atoms with Gasteiger partial charge in [-0.25, -0.2) is 4.79 Å². The lowest BCUT2D eigenvalue weighted by Gasteiger charge is -2.11. The van der Waals surface area contributed by atoms with Gasteiger partial charge in [0.1, 0.15) is 17.4 Å². The maximum atomic E-state index is 11.8. The summed E-state index contributed by atoms with van der Waals surface area (Å²) in [5, 5.41) is 23.2. The van der Waals surface area contributed by atoms with E-state index in [1.54, 1.807) is 0 Å². The smallest absolute Gasteiger partial charge is 0.339 e. The molecule has 0 aromatic heterocycles. The molecule has 2 amide bonds. The first-order valence-corrected chi connectivity index (χ1v) is 5.64. The van der Waals surface area contributed by atoms with Crippen molar-refractivity contribution in [3.63, 3.8) is 0 Å². The molecule has 4 N–H and O–H groups in total. The van der Waals surface area contributed by atoms with Crippen molar-refractivity contribution in [1.29, 1.82) is 0 Å². The molecule has 1 heterocycles. The average Bonchev–Trinajstić information content (AvgIpc) is 2.75. The standard InChI is InChI=1S/C12H12N2O5/c15-9-5-6(1-2-7(9)12(18)19)13-11(17)8-3-4-10(16)14-8/h1-2,5,8,15H,3-4H2,(H,13,17)(H,14,16)(H,18,19)/t8-/m0/s1. The van der Waals surface area contributed by atoms with Crippen molar-refractivity contribution in [2.24, 2.45) is 0 Å². The molecule has 0 bridgehead atoms. The number of carbonyl (C=O) groups is 3. The molecule has 0 aliphatic carbocycles. The third-order valence-electron chi connectivity index (χ3n) is 2.81. The maximum absolute atomic E-state index is 11.8. The number of anilines is 1. The molecule has 1 atom stereocenters. The number of aromatic hydroxyl groups is 1. The van der Waals surface area contributed by atoms with Gasteiger partial charge in [-0.05, 0) is 18.6 Å². The Labute approximate surface area is 108 Å². The third kappa shape index (κ3) is 2.82. The van der Waals surface area contributed by atoms with Gasteiger partial charge in [0.15, 0.2) is 0 Å². The monoisotopic (exact) mass is 264 g/mol. The fraction of sp³-hybridized carbons (Fsp3) is 0.250. The van der Waals surface area contributed by atoms with Crippen molar-refractivity contribution < 1.29 is 24.6 Å². The quantitative estimate of drug-likeness (QED) is 0.627. The van der Waals surface area contributed by atoms with Crippen LogP contribution in [-0.2, 0) is 9.59 Å². The van der Waals surface area contributed by atoms with Gasteiger partial charge in [0, 0.05) is 18.2 Å². The van der Waals surface area contributed by atoms with Gasteiger partial charge in [-0.2, -0.15) is 0 Å². The van der Waals surface area contributed by atoms with Crippen LogP contribution in [0.5, 0.6) is 5.75 Å². The van der Waals surface area contributed by atoms with Gasteiger partial charge in [-0.1, -0.05) is 0 Å². The summed E-state index contributed by atoms with van der Waals surface area (Å²) in [6.45, 7) is 0. The Kier molecular flexibility index (Phi) is 3.37. The minimum atomic E-state index is -1.25. The van der Waals surface area contributed by atoms with E-state index < -0.39 is 23.7 Å². The zero-order valence-corrected chi connectivity index (χ0v) is 9.84. The van der Waals surface area contributed by atoms with Crippen LogP contribution in [0.1, 0.15) is 23.2 Å². The van der Waals surface area contributed by atoms with Crippen LogP contribution in [0, 0.1) is 0 Å². The van der Waals surface area contributed by atoms with Crippen LogP contribution in [0.15, 0.2) is 18.2 Å². The first kappa shape index (κ1) is 12.9. The minimum Gasteiger partial charge on any atom is -0.507 e. The number of carboxylic acid groups (broad SMARTS) is 1. The summed E-state index contributed by atoms with van der Waals surface area (Å²) in [5.74, 6) is -2.25. The molecule has 0 unspecified atom stereocenters. The molecule has 1 fully saturated rings. The van der Waals surface area contributed by atoms with Crippen molar-refractivity contribution in [2.75, 3.05) is 5.32 Å². The molecule has 19 heavy (non-hydrogen) atoms. The lowest BCUT2D eigenvalue weighted by molar-refractivity contribution is -0.122. The molecule has 7 heteroatoms. The molecule has 100 valence electrons. The SMILES string of the molecule is O=C1CC[C@@H](C(=O)Nc2ccc(C(=O)O)c(O)c2)N1. The van der Waals surface area contributed by atoms with Crippen LogP contribution in [-0.4, -0.2) is 34.0 Å². The van der Waals surface area contributed by atoms with E-state index in [-0.39, 0.29) is 17.2 Å². The van der Waals surface area contributed by atoms with Crippen LogP contribution in [0.2, 0.25) is 0 Å². The summed E-state index contributed by atoms with van der Waals surface area (Å²) in [6, 6.07) is 3.13. The fourth-order valence-corrected chi connectivity index (χ4v) is 1.83. The summed E-state index contributed by atoms with van der Waals surface area (Å²) in [4.78, 5) is 33.5. The number of hydrogen-bond acceptors (Lipinski definition) is 4. The number of phenols is 1. The Bertz CT molecular complexity index is 555. The number of carboxylic acids is 1. The lowest BCUT2D eigenvalue weighted by atomic mass is 10.1. The Balaban J connectivity index is 2.07. The topological polar surface area (TPSA) is 116 Å². The van der Waals surface area contributed by atoms with Gasteiger partial charge in [0.2, 0.25) is 11.8 Å². The summed E-state index contributed by atoms with van der Waals surface area (Å²) < 4.78 is 0. The van der Waals surface area contributed by atoms with Crippen molar-refractivity contribution in [3.05, 3.63) is 23.8 Å². The minimum absolute atomic E-state index is 0.177. The van der Waals surface area contributed by atoms with E-state index >= 15 is 0 Å². The highest BCUT2D eigenvalue weighted by Gasteiger charge is 2.27. The van der Waals surface area contributed by atoms with E-state index in [0.717, 1.165) is 6.07 Å². The highest BCUT2D eigenvalue weighted by atomic mass is 16.4. The van der Waals surface area contributed by atoms with Gasteiger partial charge >= 0.3 is 5.97 Å². The molecular weight excluding hydrogens is 252 g/mol. The molecule has 0 saturated carbocycles. The lowest BCUT2D eigenvalue weighted by Crippen LogP contribution is -2.37. The molecule has 1 aromatic carbocycles. The molecule has 1 aliphatic heterocycles. The van der Waals surface area contributed by atoms with E-state index in [1.165, 1.54) is 12.1 Å². The second kappa shape index (κ2) is 4.97. The normalized spacial score (nSPS) is 17.9. The number of hydrogen-bond donors (Lipinski definition) is 4. The fourth-order valence-electron chi connectivity index (χ4n) is 1.83. The van der Waals surface area contributed by atoms with Gasteiger partial charge in [0.25, 0.3) is 0 Å². The average molecular weight is 264 g/mol. The van der Waals surface area contributed by atoms with E-state index in [1.807, 2.05) is 0 Å². The predicted molar refractivity (Wildman–Crippen MR) is 64.9 cm³/mol. The highest BCUT2D eigenvalue weighted by Crippen LogP contribution is 2.22.